The Bertz CT molecular complexity index is 1490. The highest BCUT2D eigenvalue weighted by molar-refractivity contribution is 5.95. The number of cyclic esters (lactones) is 1. The number of aliphatic carboxylic acids is 1. The van der Waals surface area contributed by atoms with Gasteiger partial charge in [0.15, 0.2) is 11.9 Å². The van der Waals surface area contributed by atoms with Crippen LogP contribution in [0.2, 0.25) is 0 Å². The number of fused-ring (bicyclic) bond motifs is 5. The first-order valence-corrected chi connectivity index (χ1v) is 10.6. The smallest absolute Gasteiger partial charge is 0.343 e. The van der Waals surface area contributed by atoms with Gasteiger partial charge in [-0.3, -0.25) is 4.79 Å². The predicted molar refractivity (Wildman–Crippen MR) is 118 cm³/mol. The number of aliphatic hydroxyl groups excluding tert-OH is 1. The molecule has 0 bridgehead atoms. The van der Waals surface area contributed by atoms with Crippen molar-refractivity contribution >= 4 is 28.9 Å². The van der Waals surface area contributed by atoms with Crippen molar-refractivity contribution < 1.29 is 34.8 Å². The second-order valence-electron chi connectivity index (χ2n) is 8.32. The van der Waals surface area contributed by atoms with Crippen LogP contribution in [-0.4, -0.2) is 41.9 Å². The van der Waals surface area contributed by atoms with E-state index in [9.17, 15) is 29.7 Å². The maximum atomic E-state index is 13.3. The topological polar surface area (TPSA) is 159 Å². The molecule has 10 nitrogen and oxygen atoms in total. The van der Waals surface area contributed by atoms with Gasteiger partial charge < -0.3 is 29.7 Å². The Labute approximate surface area is 192 Å². The lowest BCUT2D eigenvalue weighted by Crippen LogP contribution is -2.44. The molecule has 5 rings (SSSR count). The van der Waals surface area contributed by atoms with Crippen molar-refractivity contribution in [3.8, 4) is 11.4 Å². The Morgan fingerprint density at radius 2 is 2.03 bits per heavy atom. The van der Waals surface area contributed by atoms with Gasteiger partial charge in [0.25, 0.3) is 5.56 Å². The van der Waals surface area contributed by atoms with Gasteiger partial charge in [0.05, 0.1) is 29.0 Å². The van der Waals surface area contributed by atoms with Crippen LogP contribution in [0.4, 0.5) is 0 Å². The van der Waals surface area contributed by atoms with Crippen molar-refractivity contribution in [1.29, 1.82) is 0 Å². The molecule has 0 saturated heterocycles. The first kappa shape index (κ1) is 22.0. The Kier molecular flexibility index (Phi) is 4.90. The minimum Gasteiger partial charge on any atom is -0.478 e. The third-order valence-electron chi connectivity index (χ3n) is 6.38. The first-order valence-electron chi connectivity index (χ1n) is 10.6. The summed E-state index contributed by atoms with van der Waals surface area (Å²) in [6.45, 7) is 1.57. The third-order valence-corrected chi connectivity index (χ3v) is 6.38. The highest BCUT2D eigenvalue weighted by atomic mass is 16.6. The van der Waals surface area contributed by atoms with Crippen LogP contribution >= 0.6 is 0 Å². The molecule has 2 aliphatic rings. The Balaban J connectivity index is 1.76. The number of benzene rings is 1. The molecule has 0 saturated carbocycles. The molecule has 10 heteroatoms. The summed E-state index contributed by atoms with van der Waals surface area (Å²) in [7, 11) is 0. The molecule has 0 spiro atoms. The average Bonchev–Trinajstić information content (AvgIpc) is 3.16. The largest absolute Gasteiger partial charge is 0.478 e. The third kappa shape index (κ3) is 3.15. The molecule has 2 aromatic heterocycles. The molecule has 0 fully saturated rings. The zero-order chi connectivity index (χ0) is 24.4. The van der Waals surface area contributed by atoms with Crippen LogP contribution in [0.1, 0.15) is 47.5 Å². The summed E-state index contributed by atoms with van der Waals surface area (Å²) in [6.07, 6.45) is 0.494. The normalized spacial score (nSPS) is 18.8. The molecule has 0 amide bonds. The van der Waals surface area contributed by atoms with Gasteiger partial charge in [-0.15, -0.1) is 0 Å². The second kappa shape index (κ2) is 7.59. The number of carbonyl (C=O) groups is 2. The molecule has 1 aromatic carbocycles. The predicted octanol–water partition coefficient (Wildman–Crippen LogP) is 1.16. The van der Waals surface area contributed by atoms with Crippen molar-refractivity contribution in [2.75, 3.05) is 0 Å². The van der Waals surface area contributed by atoms with Crippen molar-refractivity contribution in [2.24, 2.45) is 0 Å². The van der Waals surface area contributed by atoms with E-state index in [-0.39, 0.29) is 36.3 Å². The number of carboxylic acids is 1. The lowest BCUT2D eigenvalue weighted by molar-refractivity contribution is -0.172. The van der Waals surface area contributed by atoms with Gasteiger partial charge in [0.2, 0.25) is 0 Å². The van der Waals surface area contributed by atoms with Gasteiger partial charge in [0.1, 0.15) is 6.61 Å². The van der Waals surface area contributed by atoms with E-state index in [1.165, 1.54) is 22.8 Å². The summed E-state index contributed by atoms with van der Waals surface area (Å²) in [5.41, 5.74) is 0.510. The van der Waals surface area contributed by atoms with Gasteiger partial charge in [-0.05, 0) is 42.3 Å². The van der Waals surface area contributed by atoms with Crippen LogP contribution in [-0.2, 0) is 33.1 Å². The first-order chi connectivity index (χ1) is 16.1. The van der Waals surface area contributed by atoms with E-state index in [0.29, 0.717) is 33.4 Å². The van der Waals surface area contributed by atoms with Crippen molar-refractivity contribution in [3.63, 3.8) is 0 Å². The van der Waals surface area contributed by atoms with Crippen LogP contribution in [0.5, 0.6) is 0 Å². The van der Waals surface area contributed by atoms with E-state index < -0.39 is 29.4 Å². The molecule has 1 atom stereocenters. The van der Waals surface area contributed by atoms with E-state index in [4.69, 9.17) is 9.84 Å². The van der Waals surface area contributed by atoms with Crippen LogP contribution < -0.4 is 5.56 Å². The Hall–Kier alpha value is -3.86. The SMILES string of the molecule is CC[C@@]1(O)C(=O)OCc2c1cc1n(c2=O)Cc2cc3c(C=CC(=O)O)cc(C(O)O)cc3nc2-1. The average molecular weight is 464 g/mol. The number of ether oxygens (including phenoxy) is 1. The number of carboxylic acid groups (broad SMARTS) is 1. The highest BCUT2D eigenvalue weighted by Gasteiger charge is 2.45. The molecule has 0 radical (unpaired) electrons. The van der Waals surface area contributed by atoms with E-state index in [0.717, 1.165) is 6.08 Å². The molecule has 4 heterocycles. The van der Waals surface area contributed by atoms with Gasteiger partial charge in [-0.2, -0.15) is 0 Å². The van der Waals surface area contributed by atoms with Gasteiger partial charge in [-0.25, -0.2) is 14.6 Å². The fraction of sp³-hybridized carbons (Fsp3) is 0.250. The maximum Gasteiger partial charge on any atom is 0.343 e. The van der Waals surface area contributed by atoms with Crippen LogP contribution in [0.3, 0.4) is 0 Å². The lowest BCUT2D eigenvalue weighted by Gasteiger charge is -2.31. The number of rotatable bonds is 4. The monoisotopic (exact) mass is 464 g/mol. The number of aliphatic hydroxyl groups is 3. The molecule has 4 N–H and O–H groups in total. The minimum atomic E-state index is -1.94. The second-order valence-corrected chi connectivity index (χ2v) is 8.32. The van der Waals surface area contributed by atoms with Crippen LogP contribution in [0, 0.1) is 0 Å². The minimum absolute atomic E-state index is 0.0246. The molecule has 0 aliphatic carbocycles. The van der Waals surface area contributed by atoms with E-state index in [1.54, 1.807) is 19.1 Å². The molecule has 2 aliphatic heterocycles. The molecular weight excluding hydrogens is 444 g/mol. The standard InChI is InChI=1S/C24H20N2O8/c1-2-24(33)16-8-18-20-13(9-26(18)21(29)15(16)10-34-23(24)32)6-14-11(3-4-19(27)28)5-12(22(30)31)7-17(14)25-20/h3-8,22,30-31,33H,2,9-10H2,1H3,(H,27,28)/t24-/m0/s1. The fourth-order valence-corrected chi connectivity index (χ4v) is 4.58. The van der Waals surface area contributed by atoms with E-state index in [1.807, 2.05) is 0 Å². The molecule has 34 heavy (non-hydrogen) atoms. The maximum absolute atomic E-state index is 13.3. The summed E-state index contributed by atoms with van der Waals surface area (Å²) in [5, 5.41) is 39.9. The number of aromatic nitrogens is 2. The van der Waals surface area contributed by atoms with Gasteiger partial charge in [0, 0.05) is 28.2 Å². The lowest BCUT2D eigenvalue weighted by atomic mass is 9.86. The van der Waals surface area contributed by atoms with Crippen molar-refractivity contribution in [3.05, 3.63) is 68.5 Å². The molecule has 0 unspecified atom stereocenters. The summed E-state index contributed by atoms with van der Waals surface area (Å²) in [6, 6.07) is 6.28. The number of esters is 1. The molecule has 3 aromatic rings. The zero-order valence-electron chi connectivity index (χ0n) is 18.0. The summed E-state index contributed by atoms with van der Waals surface area (Å²) >= 11 is 0. The number of hydrogen-bond acceptors (Lipinski definition) is 8. The fourth-order valence-electron chi connectivity index (χ4n) is 4.58. The number of nitrogens with zero attached hydrogens (tertiary/aromatic N) is 2. The van der Waals surface area contributed by atoms with Gasteiger partial charge in [-0.1, -0.05) is 6.92 Å². The van der Waals surface area contributed by atoms with Crippen LogP contribution in [0.15, 0.2) is 35.1 Å². The van der Waals surface area contributed by atoms with Crippen molar-refractivity contribution in [1.82, 2.24) is 9.55 Å². The molecule has 174 valence electrons. The number of pyridine rings is 2. The Morgan fingerprint density at radius 1 is 1.26 bits per heavy atom. The van der Waals surface area contributed by atoms with E-state index >= 15 is 0 Å². The van der Waals surface area contributed by atoms with Gasteiger partial charge >= 0.3 is 11.9 Å². The highest BCUT2D eigenvalue weighted by Crippen LogP contribution is 2.39. The summed E-state index contributed by atoms with van der Waals surface area (Å²) in [4.78, 5) is 41.2. The number of carbonyl (C=O) groups excluding carboxylic acids is 1. The number of hydrogen-bond donors (Lipinski definition) is 4. The Morgan fingerprint density at radius 3 is 2.71 bits per heavy atom. The molecular formula is C24H20N2O8. The van der Waals surface area contributed by atoms with Crippen molar-refractivity contribution in [2.45, 2.75) is 38.4 Å². The quantitative estimate of drug-likeness (QED) is 0.197. The zero-order valence-corrected chi connectivity index (χ0v) is 18.0. The summed E-state index contributed by atoms with van der Waals surface area (Å²) < 4.78 is 6.55. The van der Waals surface area contributed by atoms with Crippen LogP contribution in [0.25, 0.3) is 28.4 Å². The summed E-state index contributed by atoms with van der Waals surface area (Å²) in [5.74, 6) is -1.98. The van der Waals surface area contributed by atoms with E-state index in [2.05, 4.69) is 4.98 Å².